The highest BCUT2D eigenvalue weighted by molar-refractivity contribution is 7.99. The second-order valence-corrected chi connectivity index (χ2v) is 8.97. The minimum absolute atomic E-state index is 0.0612. The number of pyridine rings is 1. The summed E-state index contributed by atoms with van der Waals surface area (Å²) in [7, 11) is 0. The van der Waals surface area contributed by atoms with E-state index >= 15 is 0 Å². The molecule has 1 unspecified atom stereocenters. The van der Waals surface area contributed by atoms with Gasteiger partial charge >= 0.3 is 0 Å². The first kappa shape index (κ1) is 16.8. The smallest absolute Gasteiger partial charge is 0.220 e. The van der Waals surface area contributed by atoms with Crippen molar-refractivity contribution in [3.8, 4) is 0 Å². The number of rotatable bonds is 2. The van der Waals surface area contributed by atoms with Gasteiger partial charge in [-0.25, -0.2) is 0 Å². The average molecular weight is 375 g/mol. The van der Waals surface area contributed by atoms with Crippen LogP contribution in [-0.2, 0) is 16.6 Å². The molecule has 1 aliphatic carbocycles. The van der Waals surface area contributed by atoms with Crippen molar-refractivity contribution < 1.29 is 4.79 Å². The number of aromatic nitrogens is 1. The number of aryl methyl sites for hydroxylation is 1. The first-order valence-electron chi connectivity index (χ1n) is 9.57. The van der Waals surface area contributed by atoms with Crippen molar-refractivity contribution >= 4 is 28.4 Å². The number of nitrogens with zero attached hydrogens (tertiary/aromatic N) is 1. The molecule has 0 spiro atoms. The predicted molar refractivity (Wildman–Crippen MR) is 109 cm³/mol. The Balaban J connectivity index is 1.49. The summed E-state index contributed by atoms with van der Waals surface area (Å²) in [5, 5.41) is 5.64. The Morgan fingerprint density at radius 2 is 2.04 bits per heavy atom. The zero-order chi connectivity index (χ0) is 18.4. The summed E-state index contributed by atoms with van der Waals surface area (Å²) in [5.41, 5.74) is 2.91. The minimum Gasteiger partial charge on any atom is -0.352 e. The average Bonchev–Trinajstić information content (AvgIpc) is 2.69. The number of fused-ring (bicyclic) bond motifs is 4. The number of carbonyl (C=O) groups excluding carboxylic acids is 1. The third-order valence-corrected chi connectivity index (χ3v) is 7.26. The zero-order valence-corrected chi connectivity index (χ0v) is 16.2. The molecule has 1 N–H and O–H groups in total. The van der Waals surface area contributed by atoms with Crippen LogP contribution in [0, 0.1) is 0 Å². The molecule has 0 saturated carbocycles. The number of hydrogen-bond donors (Lipinski definition) is 1. The van der Waals surface area contributed by atoms with Crippen LogP contribution in [-0.4, -0.2) is 16.9 Å². The Labute approximate surface area is 163 Å². The molecule has 2 atom stereocenters. The van der Waals surface area contributed by atoms with Crippen LogP contribution in [0.3, 0.4) is 0 Å². The van der Waals surface area contributed by atoms with E-state index in [-0.39, 0.29) is 17.4 Å². The fourth-order valence-electron chi connectivity index (χ4n) is 4.68. The van der Waals surface area contributed by atoms with Crippen LogP contribution in [0.2, 0.25) is 0 Å². The minimum atomic E-state index is 0.0612. The normalized spacial score (nSPS) is 24.2. The predicted octanol–water partition coefficient (Wildman–Crippen LogP) is 4.87. The summed E-state index contributed by atoms with van der Waals surface area (Å²) in [4.78, 5) is 18.7. The second-order valence-electron chi connectivity index (χ2n) is 7.86. The quantitative estimate of drug-likeness (QED) is 0.696. The van der Waals surface area contributed by atoms with Gasteiger partial charge in [0.05, 0.1) is 0 Å². The molecule has 0 bridgehead atoms. The molecule has 2 heterocycles. The van der Waals surface area contributed by atoms with E-state index in [1.807, 2.05) is 12.4 Å². The van der Waals surface area contributed by atoms with Crippen molar-refractivity contribution in [1.82, 2.24) is 10.3 Å². The molecule has 3 aromatic rings. The molecule has 1 amide bonds. The molecule has 2 aromatic carbocycles. The van der Waals surface area contributed by atoms with Gasteiger partial charge in [0.1, 0.15) is 0 Å². The molecule has 27 heavy (non-hydrogen) atoms. The van der Waals surface area contributed by atoms with Crippen LogP contribution in [0.25, 0.3) is 10.8 Å². The highest BCUT2D eigenvalue weighted by Crippen LogP contribution is 2.44. The summed E-state index contributed by atoms with van der Waals surface area (Å²) in [5.74, 6) is 0.205. The molecule has 1 saturated heterocycles. The van der Waals surface area contributed by atoms with Crippen LogP contribution in [0.4, 0.5) is 0 Å². The van der Waals surface area contributed by atoms with Gasteiger partial charge in [-0.3, -0.25) is 9.78 Å². The first-order chi connectivity index (χ1) is 13.1. The molecular formula is C23H22N2OS. The zero-order valence-electron chi connectivity index (χ0n) is 15.4. The van der Waals surface area contributed by atoms with Gasteiger partial charge in [0, 0.05) is 45.4 Å². The molecule has 4 heteroatoms. The standard InChI is InChI=1S/C23H22N2OS/c1-23-11-10-22(26)25-21(23)9-6-15-12-17(7-8-19(15)23)27-20-14-24-13-16-4-2-3-5-18(16)20/h2-5,7-8,12-14,21H,6,9-11H2,1H3,(H,25,26)/t21?,23-/m1/s1. The Morgan fingerprint density at radius 1 is 1.15 bits per heavy atom. The summed E-state index contributed by atoms with van der Waals surface area (Å²) in [6.45, 7) is 2.32. The Morgan fingerprint density at radius 3 is 2.96 bits per heavy atom. The lowest BCUT2D eigenvalue weighted by atomic mass is 9.64. The van der Waals surface area contributed by atoms with Crippen LogP contribution >= 0.6 is 11.8 Å². The number of hydrogen-bond acceptors (Lipinski definition) is 3. The van der Waals surface area contributed by atoms with E-state index in [4.69, 9.17) is 0 Å². The Hall–Kier alpha value is -2.33. The second kappa shape index (κ2) is 6.38. The van der Waals surface area contributed by atoms with Crippen molar-refractivity contribution in [2.24, 2.45) is 0 Å². The number of benzene rings is 2. The SMILES string of the molecule is C[C@]12CCC(=O)NC1CCc1cc(Sc3cncc4ccccc34)ccc12. The van der Waals surface area contributed by atoms with Crippen LogP contribution < -0.4 is 5.32 Å². The lowest BCUT2D eigenvalue weighted by Crippen LogP contribution is -2.55. The molecule has 0 radical (unpaired) electrons. The number of piperidine rings is 1. The number of nitrogens with one attached hydrogen (secondary N) is 1. The maximum Gasteiger partial charge on any atom is 0.220 e. The first-order valence-corrected chi connectivity index (χ1v) is 10.4. The summed E-state index contributed by atoms with van der Waals surface area (Å²) in [6, 6.07) is 15.5. The van der Waals surface area contributed by atoms with Gasteiger partial charge in [-0.2, -0.15) is 0 Å². The third kappa shape index (κ3) is 2.83. The Kier molecular flexibility index (Phi) is 3.97. The maximum absolute atomic E-state index is 11.8. The molecule has 1 aromatic heterocycles. The fourth-order valence-corrected chi connectivity index (χ4v) is 5.68. The molecule has 3 nitrogen and oxygen atoms in total. The lowest BCUT2D eigenvalue weighted by Gasteiger charge is -2.46. The van der Waals surface area contributed by atoms with Crippen molar-refractivity contribution in [2.45, 2.75) is 53.9 Å². The summed E-state index contributed by atoms with van der Waals surface area (Å²) in [6.07, 6.45) is 7.50. The van der Waals surface area contributed by atoms with E-state index in [1.54, 1.807) is 11.8 Å². The monoisotopic (exact) mass is 374 g/mol. The van der Waals surface area contributed by atoms with Crippen LogP contribution in [0.15, 0.2) is 64.6 Å². The van der Waals surface area contributed by atoms with Crippen molar-refractivity contribution in [3.05, 3.63) is 66.0 Å². The molecule has 1 aliphatic heterocycles. The highest BCUT2D eigenvalue weighted by atomic mass is 32.2. The van der Waals surface area contributed by atoms with E-state index < -0.39 is 0 Å². The Bertz CT molecular complexity index is 1040. The van der Waals surface area contributed by atoms with Crippen molar-refractivity contribution in [2.75, 3.05) is 0 Å². The lowest BCUT2D eigenvalue weighted by molar-refractivity contribution is -0.125. The maximum atomic E-state index is 11.8. The van der Waals surface area contributed by atoms with Gasteiger partial charge in [-0.1, -0.05) is 49.0 Å². The fraction of sp³-hybridized carbons (Fsp3) is 0.304. The molecular weight excluding hydrogens is 352 g/mol. The molecule has 2 aliphatic rings. The van der Waals surface area contributed by atoms with Gasteiger partial charge in [-0.05, 0) is 47.9 Å². The third-order valence-electron chi connectivity index (χ3n) is 6.23. The van der Waals surface area contributed by atoms with Gasteiger partial charge in [-0.15, -0.1) is 0 Å². The van der Waals surface area contributed by atoms with E-state index in [2.05, 4.69) is 59.7 Å². The van der Waals surface area contributed by atoms with Crippen LogP contribution in [0.1, 0.15) is 37.3 Å². The molecule has 136 valence electrons. The highest BCUT2D eigenvalue weighted by Gasteiger charge is 2.43. The van der Waals surface area contributed by atoms with Crippen LogP contribution in [0.5, 0.6) is 0 Å². The van der Waals surface area contributed by atoms with E-state index in [9.17, 15) is 4.79 Å². The number of amides is 1. The molecule has 1 fully saturated rings. The topological polar surface area (TPSA) is 42.0 Å². The largest absolute Gasteiger partial charge is 0.352 e. The van der Waals surface area contributed by atoms with Crippen molar-refractivity contribution in [3.63, 3.8) is 0 Å². The number of carbonyl (C=O) groups is 1. The van der Waals surface area contributed by atoms with E-state index in [0.29, 0.717) is 6.42 Å². The summed E-state index contributed by atoms with van der Waals surface area (Å²) < 4.78 is 0. The van der Waals surface area contributed by atoms with E-state index in [1.165, 1.54) is 31.7 Å². The van der Waals surface area contributed by atoms with E-state index in [0.717, 1.165) is 19.3 Å². The van der Waals surface area contributed by atoms with Crippen molar-refractivity contribution in [1.29, 1.82) is 0 Å². The van der Waals surface area contributed by atoms with Gasteiger partial charge in [0.15, 0.2) is 0 Å². The molecule has 5 rings (SSSR count). The van der Waals surface area contributed by atoms with Gasteiger partial charge in [0.2, 0.25) is 5.91 Å². The summed E-state index contributed by atoms with van der Waals surface area (Å²) >= 11 is 1.79. The van der Waals surface area contributed by atoms with Gasteiger partial charge < -0.3 is 5.32 Å². The van der Waals surface area contributed by atoms with Gasteiger partial charge in [0.25, 0.3) is 0 Å².